The van der Waals surface area contributed by atoms with Crippen LogP contribution in [0, 0.1) is 11.7 Å². The summed E-state index contributed by atoms with van der Waals surface area (Å²) in [6, 6.07) is 2.69. The van der Waals surface area contributed by atoms with E-state index in [1.165, 1.54) is 23.9 Å². The maximum absolute atomic E-state index is 14.8. The highest BCUT2D eigenvalue weighted by molar-refractivity contribution is 7.98. The lowest BCUT2D eigenvalue weighted by Crippen LogP contribution is -2.09. The molecule has 0 saturated heterocycles. The van der Waals surface area contributed by atoms with E-state index in [0.29, 0.717) is 29.2 Å². The van der Waals surface area contributed by atoms with Crippen LogP contribution in [0.1, 0.15) is 26.3 Å². The summed E-state index contributed by atoms with van der Waals surface area (Å²) >= 11 is 1.29. The van der Waals surface area contributed by atoms with E-state index >= 15 is 0 Å². The second-order valence-electron chi connectivity index (χ2n) is 6.91. The van der Waals surface area contributed by atoms with Crippen LogP contribution in [-0.2, 0) is 17.5 Å². The number of thioether (sulfide) groups is 1. The van der Waals surface area contributed by atoms with Crippen LogP contribution in [0.3, 0.4) is 0 Å². The number of nitrogen functional groups attached to an aromatic ring is 1. The van der Waals surface area contributed by atoms with E-state index in [-0.39, 0.29) is 17.4 Å². The lowest BCUT2D eigenvalue weighted by atomic mass is 10.1. The maximum atomic E-state index is 14.8. The molecule has 0 saturated carbocycles. The third-order valence-electron chi connectivity index (χ3n) is 4.42. The molecule has 0 amide bonds. The van der Waals surface area contributed by atoms with Crippen molar-refractivity contribution in [2.45, 2.75) is 38.6 Å². The highest BCUT2D eigenvalue weighted by Crippen LogP contribution is 2.40. The maximum Gasteiger partial charge on any atom is 0.391 e. The smallest absolute Gasteiger partial charge is 0.391 e. The molecule has 2 heterocycles. The number of hydrogen-bond acceptors (Lipinski definition) is 5. The molecule has 3 rings (SSSR count). The Hall–Kier alpha value is -1.80. The van der Waals surface area contributed by atoms with E-state index in [0.717, 1.165) is 11.1 Å². The summed E-state index contributed by atoms with van der Waals surface area (Å²) in [6.07, 6.45) is 2.38. The molecule has 152 valence electrons. The summed E-state index contributed by atoms with van der Waals surface area (Å²) in [5.74, 6) is 0.305. The number of aromatic nitrogens is 2. The third kappa shape index (κ3) is 3.48. The van der Waals surface area contributed by atoms with E-state index in [1.54, 1.807) is 6.26 Å². The number of nitrogens with zero attached hydrogens (tertiary/aromatic N) is 2. The van der Waals surface area contributed by atoms with Gasteiger partial charge in [0.2, 0.25) is 5.50 Å². The van der Waals surface area contributed by atoms with Crippen molar-refractivity contribution < 1.29 is 23.2 Å². The van der Waals surface area contributed by atoms with Gasteiger partial charge in [-0.2, -0.15) is 0 Å². The first kappa shape index (κ1) is 20.9. The number of rotatable bonds is 6. The van der Waals surface area contributed by atoms with Crippen LogP contribution in [0.15, 0.2) is 21.4 Å². The number of halogens is 1. The summed E-state index contributed by atoms with van der Waals surface area (Å²) in [7, 11) is -4.53. The van der Waals surface area contributed by atoms with Crippen LogP contribution >= 0.6 is 19.4 Å². The summed E-state index contributed by atoms with van der Waals surface area (Å²) in [6.45, 7) is 6.57. The van der Waals surface area contributed by atoms with Gasteiger partial charge in [0.15, 0.2) is 17.4 Å². The highest BCUT2D eigenvalue weighted by Gasteiger charge is 2.27. The average molecular weight is 427 g/mol. The SMILES string of the molecule is CCc1c(SC)c(F)c(N)c2nc(-c3ccc(P(=O)(O)O)o3)n(CC(C)C)c12. The van der Waals surface area contributed by atoms with Gasteiger partial charge in [0.05, 0.1) is 16.1 Å². The van der Waals surface area contributed by atoms with E-state index in [9.17, 15) is 18.7 Å². The molecule has 1 aromatic carbocycles. The van der Waals surface area contributed by atoms with E-state index in [4.69, 9.17) is 10.2 Å². The number of benzene rings is 1. The topological polar surface area (TPSA) is 115 Å². The lowest BCUT2D eigenvalue weighted by Gasteiger charge is -2.16. The minimum atomic E-state index is -4.53. The van der Waals surface area contributed by atoms with Crippen molar-refractivity contribution in [2.75, 3.05) is 12.0 Å². The highest BCUT2D eigenvalue weighted by atomic mass is 32.2. The van der Waals surface area contributed by atoms with Gasteiger partial charge in [-0.15, -0.1) is 11.8 Å². The zero-order valence-electron chi connectivity index (χ0n) is 16.1. The standard InChI is InChI=1S/C18H23FN3O4PS/c1-5-10-16-15(14(20)13(19)17(10)28-4)21-18(22(16)8-9(2)3)11-6-7-12(26-11)27(23,24)25/h6-7,9H,5,8,20H2,1-4H3,(H2,23,24,25). The second kappa shape index (κ2) is 7.55. The van der Waals surface area contributed by atoms with Crippen LogP contribution in [0.25, 0.3) is 22.6 Å². The van der Waals surface area contributed by atoms with Crippen LogP contribution in [0.4, 0.5) is 10.1 Å². The van der Waals surface area contributed by atoms with Crippen molar-refractivity contribution in [3.63, 3.8) is 0 Å². The fraction of sp³-hybridized carbons (Fsp3) is 0.389. The molecule has 0 aliphatic carbocycles. The Morgan fingerprint density at radius 3 is 2.57 bits per heavy atom. The first-order valence-corrected chi connectivity index (χ1v) is 11.6. The minimum Gasteiger partial charge on any atom is -0.445 e. The van der Waals surface area contributed by atoms with E-state index in [1.807, 2.05) is 25.3 Å². The number of aryl methyl sites for hydroxylation is 1. The Morgan fingerprint density at radius 2 is 2.07 bits per heavy atom. The largest absolute Gasteiger partial charge is 0.445 e. The predicted molar refractivity (Wildman–Crippen MR) is 109 cm³/mol. The molecule has 10 heteroatoms. The molecule has 2 aromatic heterocycles. The summed E-state index contributed by atoms with van der Waals surface area (Å²) < 4.78 is 33.6. The molecule has 0 atom stereocenters. The monoisotopic (exact) mass is 427 g/mol. The van der Waals surface area contributed by atoms with Crippen molar-refractivity contribution in [2.24, 2.45) is 5.92 Å². The van der Waals surface area contributed by atoms with Gasteiger partial charge in [0, 0.05) is 6.54 Å². The van der Waals surface area contributed by atoms with Crippen molar-refractivity contribution in [3.05, 3.63) is 23.5 Å². The van der Waals surface area contributed by atoms with Crippen LogP contribution in [-0.4, -0.2) is 25.6 Å². The first-order chi connectivity index (χ1) is 13.1. The molecule has 4 N–H and O–H groups in total. The Morgan fingerprint density at radius 1 is 1.39 bits per heavy atom. The Kier molecular flexibility index (Phi) is 5.64. The fourth-order valence-electron chi connectivity index (χ4n) is 3.29. The number of nitrogens with two attached hydrogens (primary N) is 1. The van der Waals surface area contributed by atoms with Crippen molar-refractivity contribution in [1.82, 2.24) is 9.55 Å². The van der Waals surface area contributed by atoms with Gasteiger partial charge < -0.3 is 24.5 Å². The minimum absolute atomic E-state index is 0.0397. The van der Waals surface area contributed by atoms with Crippen molar-refractivity contribution in [1.29, 1.82) is 0 Å². The summed E-state index contributed by atoms with van der Waals surface area (Å²) in [5, 5.41) is 0. The predicted octanol–water partition coefficient (Wildman–Crippen LogP) is 3.76. The van der Waals surface area contributed by atoms with Gasteiger partial charge in [-0.05, 0) is 36.3 Å². The van der Waals surface area contributed by atoms with Gasteiger partial charge in [0.25, 0.3) is 0 Å². The molecule has 0 aliphatic rings. The molecule has 28 heavy (non-hydrogen) atoms. The Bertz CT molecular complexity index is 1090. The normalized spacial score (nSPS) is 12.4. The Balaban J connectivity index is 2.39. The van der Waals surface area contributed by atoms with Gasteiger partial charge in [0.1, 0.15) is 5.52 Å². The average Bonchev–Trinajstić information content (AvgIpc) is 3.22. The van der Waals surface area contributed by atoms with E-state index in [2.05, 4.69) is 4.98 Å². The summed E-state index contributed by atoms with van der Waals surface area (Å²) in [4.78, 5) is 23.7. The summed E-state index contributed by atoms with van der Waals surface area (Å²) in [5.41, 5.74) is 7.44. The molecule has 0 fully saturated rings. The zero-order valence-corrected chi connectivity index (χ0v) is 17.8. The number of anilines is 1. The number of furan rings is 1. The van der Waals surface area contributed by atoms with Crippen LogP contribution in [0.2, 0.25) is 0 Å². The quantitative estimate of drug-likeness (QED) is 0.312. The van der Waals surface area contributed by atoms with Crippen LogP contribution < -0.4 is 11.2 Å². The third-order valence-corrected chi connectivity index (χ3v) is 6.07. The number of imidazole rings is 1. The lowest BCUT2D eigenvalue weighted by molar-refractivity contribution is 0.377. The number of hydrogen-bond donors (Lipinski definition) is 3. The van der Waals surface area contributed by atoms with E-state index < -0.39 is 18.9 Å². The van der Waals surface area contributed by atoms with Crippen molar-refractivity contribution >= 4 is 41.6 Å². The first-order valence-electron chi connectivity index (χ1n) is 8.80. The molecule has 0 bridgehead atoms. The van der Waals surface area contributed by atoms with Gasteiger partial charge in [-0.3, -0.25) is 4.57 Å². The molecular formula is C18H23FN3O4PS. The molecular weight excluding hydrogens is 404 g/mol. The molecule has 0 radical (unpaired) electrons. The van der Waals surface area contributed by atoms with Gasteiger partial charge in [-0.1, -0.05) is 20.8 Å². The van der Waals surface area contributed by atoms with Crippen LogP contribution in [0.5, 0.6) is 0 Å². The fourth-order valence-corrected chi connectivity index (χ4v) is 4.55. The van der Waals surface area contributed by atoms with Gasteiger partial charge in [-0.25, -0.2) is 9.37 Å². The van der Waals surface area contributed by atoms with Gasteiger partial charge >= 0.3 is 7.60 Å². The second-order valence-corrected chi connectivity index (χ2v) is 9.26. The Labute approximate surface area is 166 Å². The molecule has 7 nitrogen and oxygen atoms in total. The molecule has 0 spiro atoms. The van der Waals surface area contributed by atoms with Crippen molar-refractivity contribution in [3.8, 4) is 11.6 Å². The number of fused-ring (bicyclic) bond motifs is 1. The zero-order chi connectivity index (χ0) is 20.8. The molecule has 3 aromatic rings. The molecule has 0 unspecified atom stereocenters. The molecule has 0 aliphatic heterocycles.